The van der Waals surface area contributed by atoms with Crippen LogP contribution in [0.3, 0.4) is 0 Å². The largest absolute Gasteiger partial charge is 0.390 e. The molecule has 4 rings (SSSR count). The monoisotopic (exact) mass is 218 g/mol. The molecule has 3 aliphatic carbocycles. The molecule has 2 bridgehead atoms. The van der Waals surface area contributed by atoms with Crippen molar-refractivity contribution in [1.82, 2.24) is 0 Å². The van der Waals surface area contributed by atoms with Gasteiger partial charge in [-0.1, -0.05) is 48.6 Å². The predicted molar refractivity (Wildman–Crippen MR) is 65.1 cm³/mol. The van der Waals surface area contributed by atoms with E-state index in [0.717, 1.165) is 19.3 Å². The Balaban J connectivity index is 1.92. The van der Waals surface area contributed by atoms with Crippen molar-refractivity contribution < 1.29 is 5.11 Å². The molecule has 3 aliphatic rings. The fourth-order valence-electron chi connectivity index (χ4n) is 3.56. The van der Waals surface area contributed by atoms with E-state index < -0.39 is 8.07 Å². The molecule has 2 heteroatoms. The maximum Gasteiger partial charge on any atom is 0.0870 e. The zero-order valence-electron chi connectivity index (χ0n) is 9.46. The molecule has 0 aliphatic heterocycles. The van der Waals surface area contributed by atoms with Crippen molar-refractivity contribution in [2.24, 2.45) is 0 Å². The van der Waals surface area contributed by atoms with Crippen LogP contribution in [0, 0.1) is 0 Å². The Kier molecular flexibility index (Phi) is 1.64. The Bertz CT molecular complexity index is 376. The average molecular weight is 218 g/mol. The molecule has 1 N–H and O–H groups in total. The summed E-state index contributed by atoms with van der Waals surface area (Å²) >= 11 is 0. The van der Waals surface area contributed by atoms with Crippen molar-refractivity contribution in [2.45, 2.75) is 43.0 Å². The topological polar surface area (TPSA) is 20.2 Å². The lowest BCUT2D eigenvalue weighted by Crippen LogP contribution is -2.74. The lowest BCUT2D eigenvalue weighted by molar-refractivity contribution is -0.180. The van der Waals surface area contributed by atoms with Crippen LogP contribution in [0.15, 0.2) is 30.3 Å². The second-order valence-electron chi connectivity index (χ2n) is 6.03. The molecule has 80 valence electrons. The Hall–Kier alpha value is -0.603. The van der Waals surface area contributed by atoms with Gasteiger partial charge in [0.05, 0.1) is 13.7 Å². The van der Waals surface area contributed by atoms with Gasteiger partial charge in [0.15, 0.2) is 0 Å². The smallest absolute Gasteiger partial charge is 0.0870 e. The SMILES string of the molecule is C[Si](C)(c1ccccc1)C12CC(O)(C1)C2. The van der Waals surface area contributed by atoms with E-state index in [4.69, 9.17) is 0 Å². The molecule has 1 nitrogen and oxygen atoms in total. The molecule has 15 heavy (non-hydrogen) atoms. The zero-order chi connectivity index (χ0) is 10.7. The summed E-state index contributed by atoms with van der Waals surface area (Å²) in [5.41, 5.74) is -0.251. The third kappa shape index (κ3) is 1.07. The summed E-state index contributed by atoms with van der Waals surface area (Å²) in [6.45, 7) is 4.92. The van der Waals surface area contributed by atoms with Crippen LogP contribution < -0.4 is 5.19 Å². The van der Waals surface area contributed by atoms with Crippen LogP contribution in [-0.2, 0) is 0 Å². The molecule has 1 aromatic rings. The van der Waals surface area contributed by atoms with Gasteiger partial charge >= 0.3 is 0 Å². The van der Waals surface area contributed by atoms with Gasteiger partial charge < -0.3 is 5.11 Å². The Morgan fingerprint density at radius 1 is 1.07 bits per heavy atom. The number of rotatable bonds is 2. The highest BCUT2D eigenvalue weighted by Gasteiger charge is 2.73. The van der Waals surface area contributed by atoms with Gasteiger partial charge in [-0.15, -0.1) is 0 Å². The third-order valence-corrected chi connectivity index (χ3v) is 9.78. The van der Waals surface area contributed by atoms with Crippen LogP contribution in [0.25, 0.3) is 0 Å². The molecule has 3 saturated carbocycles. The first kappa shape index (κ1) is 9.61. The summed E-state index contributed by atoms with van der Waals surface area (Å²) < 4.78 is 0. The van der Waals surface area contributed by atoms with Crippen molar-refractivity contribution in [3.63, 3.8) is 0 Å². The average Bonchev–Trinajstić information content (AvgIpc) is 2.13. The van der Waals surface area contributed by atoms with Gasteiger partial charge in [0.1, 0.15) is 0 Å². The van der Waals surface area contributed by atoms with E-state index in [0.29, 0.717) is 5.04 Å². The van der Waals surface area contributed by atoms with Gasteiger partial charge in [0, 0.05) is 0 Å². The van der Waals surface area contributed by atoms with Gasteiger partial charge in [0.25, 0.3) is 0 Å². The van der Waals surface area contributed by atoms with Gasteiger partial charge in [-0.05, 0) is 24.3 Å². The summed E-state index contributed by atoms with van der Waals surface area (Å²) in [6, 6.07) is 10.9. The van der Waals surface area contributed by atoms with Crippen LogP contribution >= 0.6 is 0 Å². The Labute approximate surface area is 92.1 Å². The molecule has 1 aromatic carbocycles. The molecule has 0 spiro atoms. The maximum atomic E-state index is 9.88. The van der Waals surface area contributed by atoms with Crippen molar-refractivity contribution in [2.75, 3.05) is 0 Å². The maximum absolute atomic E-state index is 9.88. The van der Waals surface area contributed by atoms with Crippen LogP contribution in [0.2, 0.25) is 18.1 Å². The molecular formula is C13H18OSi. The molecule has 0 unspecified atom stereocenters. The fraction of sp³-hybridized carbons (Fsp3) is 0.538. The van der Waals surface area contributed by atoms with Gasteiger partial charge in [-0.3, -0.25) is 0 Å². The molecule has 0 heterocycles. The Morgan fingerprint density at radius 3 is 2.07 bits per heavy atom. The predicted octanol–water partition coefficient (Wildman–Crippen LogP) is 2.27. The number of hydrogen-bond acceptors (Lipinski definition) is 1. The van der Waals surface area contributed by atoms with Crippen LogP contribution in [0.5, 0.6) is 0 Å². The van der Waals surface area contributed by atoms with Crippen molar-refractivity contribution in [3.05, 3.63) is 30.3 Å². The summed E-state index contributed by atoms with van der Waals surface area (Å²) in [7, 11) is -1.36. The molecule has 0 atom stereocenters. The standard InChI is InChI=1S/C13H18OSi/c1-15(2,11-6-4-3-5-7-11)13-8-12(14,9-13)10-13/h3-7,14H,8-10H2,1-2H3. The van der Waals surface area contributed by atoms with Crippen LogP contribution in [0.1, 0.15) is 19.3 Å². The van der Waals surface area contributed by atoms with Gasteiger partial charge in [-0.25, -0.2) is 0 Å². The van der Waals surface area contributed by atoms with Gasteiger partial charge in [0.2, 0.25) is 0 Å². The summed E-state index contributed by atoms with van der Waals surface area (Å²) in [5.74, 6) is 0. The highest BCUT2D eigenvalue weighted by molar-refractivity contribution is 6.92. The third-order valence-electron chi connectivity index (χ3n) is 4.82. The van der Waals surface area contributed by atoms with E-state index >= 15 is 0 Å². The molecule has 0 aromatic heterocycles. The first-order chi connectivity index (χ1) is 6.98. The highest BCUT2D eigenvalue weighted by atomic mass is 28.3. The van der Waals surface area contributed by atoms with E-state index in [2.05, 4.69) is 43.4 Å². The summed E-state index contributed by atoms with van der Waals surface area (Å²) in [4.78, 5) is 0. The van der Waals surface area contributed by atoms with Crippen molar-refractivity contribution in [3.8, 4) is 0 Å². The minimum Gasteiger partial charge on any atom is -0.390 e. The quantitative estimate of drug-likeness (QED) is 0.755. The molecule has 0 saturated heterocycles. The first-order valence-corrected chi connectivity index (χ1v) is 8.76. The van der Waals surface area contributed by atoms with E-state index in [-0.39, 0.29) is 5.60 Å². The second kappa shape index (κ2) is 2.55. The second-order valence-corrected chi connectivity index (χ2v) is 10.9. The summed E-state index contributed by atoms with van der Waals surface area (Å²) in [6.07, 6.45) is 3.19. The molecule has 0 amide bonds. The van der Waals surface area contributed by atoms with Crippen LogP contribution in [0.4, 0.5) is 0 Å². The fourth-order valence-corrected chi connectivity index (χ4v) is 7.51. The van der Waals surface area contributed by atoms with E-state index in [1.807, 2.05) is 0 Å². The molecular weight excluding hydrogens is 200 g/mol. The van der Waals surface area contributed by atoms with Gasteiger partial charge in [-0.2, -0.15) is 0 Å². The number of hydrogen-bond donors (Lipinski definition) is 1. The van der Waals surface area contributed by atoms with E-state index in [1.54, 1.807) is 5.19 Å². The van der Waals surface area contributed by atoms with Crippen molar-refractivity contribution in [1.29, 1.82) is 0 Å². The molecule has 0 radical (unpaired) electrons. The zero-order valence-corrected chi connectivity index (χ0v) is 10.5. The number of aliphatic hydroxyl groups is 1. The minimum absolute atomic E-state index is 0.251. The minimum atomic E-state index is -1.36. The highest BCUT2D eigenvalue weighted by Crippen LogP contribution is 2.76. The first-order valence-electron chi connectivity index (χ1n) is 5.76. The molecule has 3 fully saturated rings. The van der Waals surface area contributed by atoms with Crippen LogP contribution in [-0.4, -0.2) is 18.8 Å². The van der Waals surface area contributed by atoms with Crippen molar-refractivity contribution >= 4 is 13.3 Å². The van der Waals surface area contributed by atoms with E-state index in [1.165, 1.54) is 0 Å². The van der Waals surface area contributed by atoms with E-state index in [9.17, 15) is 5.11 Å². The summed E-state index contributed by atoms with van der Waals surface area (Å²) in [5, 5.41) is 11.9. The lowest BCUT2D eigenvalue weighted by Gasteiger charge is -2.73. The lowest BCUT2D eigenvalue weighted by atomic mass is 9.51. The number of benzene rings is 1. The Morgan fingerprint density at radius 2 is 1.60 bits per heavy atom. The normalized spacial score (nSPS) is 38.1.